The lowest BCUT2D eigenvalue weighted by Gasteiger charge is -2.10. The van der Waals surface area contributed by atoms with Crippen LogP contribution < -0.4 is 5.73 Å². The lowest BCUT2D eigenvalue weighted by atomic mass is 10.0. The van der Waals surface area contributed by atoms with Crippen molar-refractivity contribution in [1.82, 2.24) is 4.98 Å². The lowest BCUT2D eigenvalue weighted by Crippen LogP contribution is -2.08. The molecule has 2 rings (SSSR count). The van der Waals surface area contributed by atoms with Crippen LogP contribution >= 0.6 is 0 Å². The Balaban J connectivity index is 2.57. The highest BCUT2D eigenvalue weighted by atomic mass is 19.1. The highest BCUT2D eigenvalue weighted by molar-refractivity contribution is 5.97. The number of hydrogen-bond donors (Lipinski definition) is 1. The van der Waals surface area contributed by atoms with Crippen molar-refractivity contribution in [3.8, 4) is 11.1 Å². The van der Waals surface area contributed by atoms with Crippen LogP contribution in [0.4, 0.5) is 10.2 Å². The van der Waals surface area contributed by atoms with Crippen LogP contribution in [0.2, 0.25) is 0 Å². The van der Waals surface area contributed by atoms with Crippen LogP contribution in [-0.2, 0) is 4.74 Å². The number of nitrogen functional groups attached to an aromatic ring is 1. The van der Waals surface area contributed by atoms with Gasteiger partial charge in [0.15, 0.2) is 0 Å². The summed E-state index contributed by atoms with van der Waals surface area (Å²) in [6.07, 6.45) is 1.38. The van der Waals surface area contributed by atoms with Gasteiger partial charge in [0.25, 0.3) is 0 Å². The summed E-state index contributed by atoms with van der Waals surface area (Å²) in [6, 6.07) is 7.54. The number of aromatic nitrogens is 1. The summed E-state index contributed by atoms with van der Waals surface area (Å²) in [5, 5.41) is 0. The summed E-state index contributed by atoms with van der Waals surface area (Å²) in [5.74, 6) is -0.794. The summed E-state index contributed by atoms with van der Waals surface area (Å²) in [7, 11) is 0. The Labute approximate surface area is 110 Å². The smallest absolute Gasteiger partial charge is 0.338 e. The second-order valence-electron chi connectivity index (χ2n) is 3.86. The molecule has 0 bridgehead atoms. The van der Waals surface area contributed by atoms with Gasteiger partial charge in [0.2, 0.25) is 0 Å². The number of rotatable bonds is 3. The van der Waals surface area contributed by atoms with E-state index in [4.69, 9.17) is 10.5 Å². The fraction of sp³-hybridized carbons (Fsp3) is 0.143. The summed E-state index contributed by atoms with van der Waals surface area (Å²) in [4.78, 5) is 15.8. The van der Waals surface area contributed by atoms with Crippen LogP contribution in [-0.4, -0.2) is 17.6 Å². The van der Waals surface area contributed by atoms with E-state index in [2.05, 4.69) is 4.98 Å². The van der Waals surface area contributed by atoms with Gasteiger partial charge in [-0.2, -0.15) is 0 Å². The van der Waals surface area contributed by atoms with Crippen LogP contribution in [0.15, 0.2) is 36.5 Å². The molecule has 0 saturated heterocycles. The van der Waals surface area contributed by atoms with Crippen molar-refractivity contribution in [3.05, 3.63) is 47.9 Å². The Hall–Kier alpha value is -2.43. The third-order valence-corrected chi connectivity index (χ3v) is 2.58. The third-order valence-electron chi connectivity index (χ3n) is 2.58. The van der Waals surface area contributed by atoms with Crippen LogP contribution in [0, 0.1) is 5.82 Å². The van der Waals surface area contributed by atoms with Gasteiger partial charge in [0.1, 0.15) is 11.6 Å². The standard InChI is InChI=1S/C14H13FN2O2/c1-2-19-14(18)10-7-13(16)17-8-11(10)9-5-3-4-6-12(9)15/h3-8H,2H2,1H3,(H2,16,17). The van der Waals surface area contributed by atoms with Crippen LogP contribution in [0.3, 0.4) is 0 Å². The van der Waals surface area contributed by atoms with Crippen molar-refractivity contribution in [2.45, 2.75) is 6.92 Å². The minimum atomic E-state index is -0.546. The number of carbonyl (C=O) groups is 1. The number of anilines is 1. The molecule has 1 heterocycles. The molecule has 0 fully saturated rings. The van der Waals surface area contributed by atoms with E-state index in [9.17, 15) is 9.18 Å². The van der Waals surface area contributed by atoms with E-state index >= 15 is 0 Å². The monoisotopic (exact) mass is 260 g/mol. The number of pyridine rings is 1. The van der Waals surface area contributed by atoms with Gasteiger partial charge in [-0.15, -0.1) is 0 Å². The lowest BCUT2D eigenvalue weighted by molar-refractivity contribution is 0.0527. The van der Waals surface area contributed by atoms with Crippen molar-refractivity contribution in [2.75, 3.05) is 12.3 Å². The minimum Gasteiger partial charge on any atom is -0.462 e. The Morgan fingerprint density at radius 3 is 2.79 bits per heavy atom. The maximum absolute atomic E-state index is 13.8. The summed E-state index contributed by atoms with van der Waals surface area (Å²) in [6.45, 7) is 1.93. The van der Waals surface area contributed by atoms with Crippen molar-refractivity contribution in [1.29, 1.82) is 0 Å². The van der Waals surface area contributed by atoms with Gasteiger partial charge < -0.3 is 10.5 Å². The molecule has 2 aromatic rings. The van der Waals surface area contributed by atoms with Gasteiger partial charge in [0, 0.05) is 17.3 Å². The van der Waals surface area contributed by atoms with E-state index in [1.165, 1.54) is 18.3 Å². The largest absolute Gasteiger partial charge is 0.462 e. The van der Waals surface area contributed by atoms with Crippen molar-refractivity contribution >= 4 is 11.8 Å². The average molecular weight is 260 g/mol. The maximum atomic E-state index is 13.8. The zero-order valence-electron chi connectivity index (χ0n) is 10.4. The quantitative estimate of drug-likeness (QED) is 0.861. The molecule has 4 nitrogen and oxygen atoms in total. The second kappa shape index (κ2) is 5.48. The van der Waals surface area contributed by atoms with Gasteiger partial charge in [-0.05, 0) is 19.1 Å². The van der Waals surface area contributed by atoms with E-state index in [0.29, 0.717) is 5.56 Å². The molecule has 5 heteroatoms. The average Bonchev–Trinajstić information content (AvgIpc) is 2.40. The molecule has 1 aromatic heterocycles. The van der Waals surface area contributed by atoms with Gasteiger partial charge in [-0.1, -0.05) is 18.2 Å². The number of hydrogen-bond acceptors (Lipinski definition) is 4. The summed E-state index contributed by atoms with van der Waals surface area (Å²) >= 11 is 0. The number of carbonyl (C=O) groups excluding carboxylic acids is 1. The SMILES string of the molecule is CCOC(=O)c1cc(N)ncc1-c1ccccc1F. The zero-order chi connectivity index (χ0) is 13.8. The molecule has 0 aliphatic heterocycles. The minimum absolute atomic E-state index is 0.183. The molecule has 2 N–H and O–H groups in total. The highest BCUT2D eigenvalue weighted by Crippen LogP contribution is 2.27. The Morgan fingerprint density at radius 1 is 1.37 bits per heavy atom. The number of halogens is 1. The first kappa shape index (κ1) is 13.0. The molecule has 0 amide bonds. The first-order valence-corrected chi connectivity index (χ1v) is 5.81. The summed E-state index contributed by atoms with van der Waals surface area (Å²) < 4.78 is 18.7. The molecule has 1 aromatic carbocycles. The van der Waals surface area contributed by atoms with E-state index in [1.54, 1.807) is 25.1 Å². The number of nitrogens with two attached hydrogens (primary N) is 1. The van der Waals surface area contributed by atoms with Crippen LogP contribution in [0.25, 0.3) is 11.1 Å². The fourth-order valence-corrected chi connectivity index (χ4v) is 1.74. The topological polar surface area (TPSA) is 65.2 Å². The van der Waals surface area contributed by atoms with Crippen molar-refractivity contribution in [3.63, 3.8) is 0 Å². The van der Waals surface area contributed by atoms with E-state index in [0.717, 1.165) is 0 Å². The van der Waals surface area contributed by atoms with E-state index in [1.807, 2.05) is 0 Å². The first-order valence-electron chi connectivity index (χ1n) is 5.81. The van der Waals surface area contributed by atoms with Gasteiger partial charge in [-0.3, -0.25) is 0 Å². The normalized spacial score (nSPS) is 10.2. The molecule has 0 aliphatic carbocycles. The summed E-state index contributed by atoms with van der Waals surface area (Å²) in [5.41, 5.74) is 6.43. The Bertz CT molecular complexity index is 614. The predicted octanol–water partition coefficient (Wildman–Crippen LogP) is 2.65. The van der Waals surface area contributed by atoms with E-state index < -0.39 is 11.8 Å². The molecular formula is C14H13FN2O2. The van der Waals surface area contributed by atoms with E-state index in [-0.39, 0.29) is 23.6 Å². The fourth-order valence-electron chi connectivity index (χ4n) is 1.74. The molecule has 0 aliphatic rings. The van der Waals surface area contributed by atoms with Crippen molar-refractivity contribution < 1.29 is 13.9 Å². The molecule has 19 heavy (non-hydrogen) atoms. The Kier molecular flexibility index (Phi) is 3.75. The highest BCUT2D eigenvalue weighted by Gasteiger charge is 2.17. The molecule has 98 valence electrons. The maximum Gasteiger partial charge on any atom is 0.338 e. The number of benzene rings is 1. The zero-order valence-corrected chi connectivity index (χ0v) is 10.4. The third kappa shape index (κ3) is 2.70. The predicted molar refractivity (Wildman–Crippen MR) is 70.0 cm³/mol. The Morgan fingerprint density at radius 2 is 2.11 bits per heavy atom. The molecular weight excluding hydrogens is 247 g/mol. The molecule has 0 unspecified atom stereocenters. The number of ether oxygens (including phenoxy) is 1. The van der Waals surface area contributed by atoms with Gasteiger partial charge in [0.05, 0.1) is 12.2 Å². The first-order chi connectivity index (χ1) is 9.13. The molecule has 0 saturated carbocycles. The molecule has 0 spiro atoms. The van der Waals surface area contributed by atoms with Crippen molar-refractivity contribution in [2.24, 2.45) is 0 Å². The van der Waals surface area contributed by atoms with Gasteiger partial charge in [-0.25, -0.2) is 14.2 Å². The number of esters is 1. The van der Waals surface area contributed by atoms with Crippen LogP contribution in [0.1, 0.15) is 17.3 Å². The van der Waals surface area contributed by atoms with Crippen LogP contribution in [0.5, 0.6) is 0 Å². The molecule has 0 radical (unpaired) electrons. The second-order valence-corrected chi connectivity index (χ2v) is 3.86. The number of nitrogens with zero attached hydrogens (tertiary/aromatic N) is 1. The molecule has 0 atom stereocenters. The van der Waals surface area contributed by atoms with Gasteiger partial charge >= 0.3 is 5.97 Å².